The minimum absolute atomic E-state index is 0.338. The molecular weight excluding hydrogens is 348 g/mol. The summed E-state index contributed by atoms with van der Waals surface area (Å²) >= 11 is 1.73. The molecule has 3 N–H and O–H groups in total. The van der Waals surface area contributed by atoms with Crippen LogP contribution in [0.1, 0.15) is 29.1 Å². The zero-order valence-electron chi connectivity index (χ0n) is 15.0. The van der Waals surface area contributed by atoms with E-state index in [1.165, 1.54) is 23.4 Å². The maximum atomic E-state index is 5.90. The van der Waals surface area contributed by atoms with Crippen LogP contribution in [-0.4, -0.2) is 24.2 Å². The Bertz CT molecular complexity index is 931. The first-order valence-corrected chi connectivity index (χ1v) is 9.54. The van der Waals surface area contributed by atoms with E-state index in [4.69, 9.17) is 20.2 Å². The van der Waals surface area contributed by atoms with E-state index in [-0.39, 0.29) is 0 Å². The van der Waals surface area contributed by atoms with Crippen LogP contribution in [0.2, 0.25) is 0 Å². The molecule has 0 atom stereocenters. The van der Waals surface area contributed by atoms with Crippen molar-refractivity contribution in [2.75, 3.05) is 19.5 Å². The highest BCUT2D eigenvalue weighted by atomic mass is 32.1. The number of benzene rings is 1. The third kappa shape index (κ3) is 2.97. The molecule has 2 heterocycles. The number of anilines is 2. The Hall–Kier alpha value is -2.38. The standard InChI is InChI=1S/C19H22N4O2S/c1-24-11-7-12-15(10-21-14(9-20)18(12)16(8-11)25-2)23-19-22-13-5-3-4-6-17(13)26-19/h7-8,10H,3-6,9,20H2,1-2H3,(H,22,23). The highest BCUT2D eigenvalue weighted by molar-refractivity contribution is 7.15. The topological polar surface area (TPSA) is 82.3 Å². The first kappa shape index (κ1) is 17.1. The molecular formula is C19H22N4O2S. The highest BCUT2D eigenvalue weighted by Crippen LogP contribution is 2.39. The van der Waals surface area contributed by atoms with Crippen molar-refractivity contribution >= 4 is 32.9 Å². The molecule has 0 spiro atoms. The van der Waals surface area contributed by atoms with Crippen LogP contribution in [0.5, 0.6) is 11.5 Å². The SMILES string of the molecule is COc1cc(OC)c2c(CN)ncc(Nc3nc4c(s3)CCCC4)c2c1. The van der Waals surface area contributed by atoms with Crippen LogP contribution in [0.25, 0.3) is 10.8 Å². The van der Waals surface area contributed by atoms with Gasteiger partial charge in [-0.05, 0) is 31.7 Å². The molecule has 0 saturated carbocycles. The molecule has 6 nitrogen and oxygen atoms in total. The lowest BCUT2D eigenvalue weighted by atomic mass is 10.0. The highest BCUT2D eigenvalue weighted by Gasteiger charge is 2.18. The molecule has 4 rings (SSSR count). The maximum absolute atomic E-state index is 5.90. The van der Waals surface area contributed by atoms with Crippen LogP contribution in [-0.2, 0) is 19.4 Å². The average Bonchev–Trinajstić information content (AvgIpc) is 3.09. The molecule has 0 aliphatic heterocycles. The Kier molecular flexibility index (Phi) is 4.65. The van der Waals surface area contributed by atoms with Crippen molar-refractivity contribution in [1.82, 2.24) is 9.97 Å². The number of methoxy groups -OCH3 is 2. The lowest BCUT2D eigenvalue weighted by Crippen LogP contribution is -2.04. The fraction of sp³-hybridized carbons (Fsp3) is 0.368. The van der Waals surface area contributed by atoms with Crippen LogP contribution >= 0.6 is 11.3 Å². The lowest BCUT2D eigenvalue weighted by molar-refractivity contribution is 0.397. The molecule has 136 valence electrons. The number of rotatable bonds is 5. The number of hydrogen-bond acceptors (Lipinski definition) is 7. The molecule has 1 aliphatic carbocycles. The summed E-state index contributed by atoms with van der Waals surface area (Å²) in [6.45, 7) is 0.338. The van der Waals surface area contributed by atoms with Crippen LogP contribution in [0, 0.1) is 0 Å². The van der Waals surface area contributed by atoms with E-state index in [1.54, 1.807) is 25.6 Å². The van der Waals surface area contributed by atoms with Gasteiger partial charge in [-0.3, -0.25) is 4.98 Å². The minimum atomic E-state index is 0.338. The van der Waals surface area contributed by atoms with Gasteiger partial charge in [-0.25, -0.2) is 4.98 Å². The van der Waals surface area contributed by atoms with Gasteiger partial charge < -0.3 is 20.5 Å². The average molecular weight is 370 g/mol. The second-order valence-corrected chi connectivity index (χ2v) is 7.38. The van der Waals surface area contributed by atoms with E-state index in [1.807, 2.05) is 18.3 Å². The fourth-order valence-corrected chi connectivity index (χ4v) is 4.49. The quantitative estimate of drug-likeness (QED) is 0.711. The smallest absolute Gasteiger partial charge is 0.187 e. The molecule has 26 heavy (non-hydrogen) atoms. The zero-order valence-corrected chi connectivity index (χ0v) is 15.8. The second-order valence-electron chi connectivity index (χ2n) is 6.30. The molecule has 1 aliphatic rings. The van der Waals surface area contributed by atoms with Crippen LogP contribution in [0.4, 0.5) is 10.8 Å². The maximum Gasteiger partial charge on any atom is 0.187 e. The largest absolute Gasteiger partial charge is 0.497 e. The molecule has 7 heteroatoms. The summed E-state index contributed by atoms with van der Waals surface area (Å²) in [6.07, 6.45) is 6.48. The van der Waals surface area contributed by atoms with Gasteiger partial charge in [0.2, 0.25) is 0 Å². The van der Waals surface area contributed by atoms with Gasteiger partial charge in [-0.2, -0.15) is 0 Å². The molecule has 0 unspecified atom stereocenters. The third-order valence-electron chi connectivity index (χ3n) is 4.74. The number of nitrogens with two attached hydrogens (primary N) is 1. The predicted molar refractivity (Wildman–Crippen MR) is 105 cm³/mol. The van der Waals surface area contributed by atoms with Crippen LogP contribution in [0.3, 0.4) is 0 Å². The predicted octanol–water partition coefficient (Wildman–Crippen LogP) is 3.79. The Balaban J connectivity index is 1.83. The molecule has 0 saturated heterocycles. The Morgan fingerprint density at radius 2 is 2.04 bits per heavy atom. The third-order valence-corrected chi connectivity index (χ3v) is 5.81. The van der Waals surface area contributed by atoms with Crippen molar-refractivity contribution in [2.24, 2.45) is 5.73 Å². The van der Waals surface area contributed by atoms with Gasteiger partial charge in [-0.1, -0.05) is 0 Å². The van der Waals surface area contributed by atoms with Gasteiger partial charge in [0.1, 0.15) is 11.5 Å². The summed E-state index contributed by atoms with van der Waals surface area (Å²) in [5.41, 5.74) is 8.80. The normalized spacial score (nSPS) is 13.5. The zero-order chi connectivity index (χ0) is 18.1. The Labute approximate surface area is 156 Å². The van der Waals surface area contributed by atoms with Crippen molar-refractivity contribution in [2.45, 2.75) is 32.2 Å². The van der Waals surface area contributed by atoms with Crippen molar-refractivity contribution in [3.63, 3.8) is 0 Å². The van der Waals surface area contributed by atoms with E-state index in [0.717, 1.165) is 45.9 Å². The second kappa shape index (κ2) is 7.09. The Morgan fingerprint density at radius 1 is 1.19 bits per heavy atom. The van der Waals surface area contributed by atoms with E-state index in [2.05, 4.69) is 10.3 Å². The first-order chi connectivity index (χ1) is 12.7. The number of nitrogens with zero attached hydrogens (tertiary/aromatic N) is 2. The lowest BCUT2D eigenvalue weighted by Gasteiger charge is -2.14. The summed E-state index contributed by atoms with van der Waals surface area (Å²) in [5.74, 6) is 1.43. The summed E-state index contributed by atoms with van der Waals surface area (Å²) < 4.78 is 11.0. The van der Waals surface area contributed by atoms with E-state index >= 15 is 0 Å². The van der Waals surface area contributed by atoms with Gasteiger partial charge in [0.15, 0.2) is 5.13 Å². The van der Waals surface area contributed by atoms with Crippen molar-refractivity contribution < 1.29 is 9.47 Å². The van der Waals surface area contributed by atoms with Crippen molar-refractivity contribution in [3.8, 4) is 11.5 Å². The van der Waals surface area contributed by atoms with Crippen molar-refractivity contribution in [3.05, 3.63) is 34.6 Å². The van der Waals surface area contributed by atoms with Gasteiger partial charge in [0, 0.05) is 28.3 Å². The molecule has 0 fully saturated rings. The molecule has 1 aromatic carbocycles. The fourth-order valence-electron chi connectivity index (χ4n) is 3.43. The Morgan fingerprint density at radius 3 is 2.77 bits per heavy atom. The molecule has 0 amide bonds. The van der Waals surface area contributed by atoms with E-state index < -0.39 is 0 Å². The van der Waals surface area contributed by atoms with E-state index in [0.29, 0.717) is 12.3 Å². The van der Waals surface area contributed by atoms with Gasteiger partial charge in [0.05, 0.1) is 37.5 Å². The summed E-state index contributed by atoms with van der Waals surface area (Å²) in [4.78, 5) is 10.7. The van der Waals surface area contributed by atoms with Crippen LogP contribution in [0.15, 0.2) is 18.3 Å². The molecule has 2 aromatic heterocycles. The molecule has 3 aromatic rings. The summed E-state index contributed by atoms with van der Waals surface area (Å²) in [7, 11) is 3.29. The number of fused-ring (bicyclic) bond motifs is 2. The van der Waals surface area contributed by atoms with Gasteiger partial charge in [0.25, 0.3) is 0 Å². The molecule has 0 bridgehead atoms. The summed E-state index contributed by atoms with van der Waals surface area (Å²) in [5, 5.41) is 6.22. The minimum Gasteiger partial charge on any atom is -0.497 e. The number of pyridine rings is 1. The van der Waals surface area contributed by atoms with Crippen LogP contribution < -0.4 is 20.5 Å². The van der Waals surface area contributed by atoms with Crippen molar-refractivity contribution in [1.29, 1.82) is 0 Å². The van der Waals surface area contributed by atoms with Gasteiger partial charge in [-0.15, -0.1) is 11.3 Å². The number of hydrogen-bond donors (Lipinski definition) is 2. The first-order valence-electron chi connectivity index (χ1n) is 8.72. The van der Waals surface area contributed by atoms with E-state index in [9.17, 15) is 0 Å². The number of nitrogens with one attached hydrogen (secondary N) is 1. The number of thiazole rings is 1. The number of aryl methyl sites for hydroxylation is 2. The van der Waals surface area contributed by atoms with Gasteiger partial charge >= 0.3 is 0 Å². The molecule has 0 radical (unpaired) electrons. The number of aromatic nitrogens is 2. The summed E-state index contributed by atoms with van der Waals surface area (Å²) in [6, 6.07) is 3.84. The number of ether oxygens (including phenoxy) is 2. The monoisotopic (exact) mass is 370 g/mol.